The molecule has 170 valence electrons. The molecule has 0 aromatic heterocycles. The molecular formula is C21H36N4O4S. The molecule has 1 aromatic carbocycles. The molecule has 1 aromatic rings. The van der Waals surface area contributed by atoms with Crippen LogP contribution in [0, 0.1) is 0 Å². The van der Waals surface area contributed by atoms with Crippen LogP contribution < -0.4 is 10.1 Å². The average Bonchev–Trinajstić information content (AvgIpc) is 2.72. The van der Waals surface area contributed by atoms with Gasteiger partial charge in [0.05, 0.1) is 31.6 Å². The highest BCUT2D eigenvalue weighted by Crippen LogP contribution is 2.19. The second kappa shape index (κ2) is 12.1. The third kappa shape index (κ3) is 7.45. The van der Waals surface area contributed by atoms with E-state index in [1.807, 2.05) is 52.0 Å². The Kier molecular flexibility index (Phi) is 9.87. The summed E-state index contributed by atoms with van der Waals surface area (Å²) in [5.74, 6) is 1.66. The van der Waals surface area contributed by atoms with Gasteiger partial charge in [-0.25, -0.2) is 13.4 Å². The summed E-state index contributed by atoms with van der Waals surface area (Å²) >= 11 is 0. The maximum atomic E-state index is 12.5. The predicted molar refractivity (Wildman–Crippen MR) is 120 cm³/mol. The fraction of sp³-hybridized carbons (Fsp3) is 0.667. The molecule has 0 amide bonds. The molecule has 1 aliphatic heterocycles. The molecule has 2 rings (SSSR count). The Hall–Kier alpha value is -1.84. The standard InChI is InChI=1S/C21H36N4O4S/c1-5-22-21(23-17-19-9-7-8-10-20(19)28-6-2)24-11-13-25(14-12-24)30(26,27)16-15-29-18(3)4/h7-10,18H,5-6,11-17H2,1-4H3,(H,22,23). The van der Waals surface area contributed by atoms with Crippen molar-refractivity contribution in [1.29, 1.82) is 0 Å². The molecule has 1 N–H and O–H groups in total. The summed E-state index contributed by atoms with van der Waals surface area (Å²) < 4.78 is 37.7. The first kappa shape index (κ1) is 24.4. The van der Waals surface area contributed by atoms with E-state index in [2.05, 4.69) is 10.2 Å². The van der Waals surface area contributed by atoms with Crippen molar-refractivity contribution in [3.8, 4) is 5.75 Å². The van der Waals surface area contributed by atoms with Gasteiger partial charge in [-0.05, 0) is 33.8 Å². The Bertz CT molecular complexity index is 775. The molecule has 0 bridgehead atoms. The number of hydrogen-bond acceptors (Lipinski definition) is 5. The lowest BCUT2D eigenvalue weighted by Crippen LogP contribution is -2.54. The molecule has 0 saturated carbocycles. The average molecular weight is 441 g/mol. The van der Waals surface area contributed by atoms with E-state index in [0.717, 1.165) is 23.8 Å². The normalized spacial score (nSPS) is 16.2. The van der Waals surface area contributed by atoms with Gasteiger partial charge in [0.25, 0.3) is 0 Å². The molecule has 1 fully saturated rings. The maximum absolute atomic E-state index is 12.5. The number of rotatable bonds is 10. The molecule has 9 heteroatoms. The van der Waals surface area contributed by atoms with Gasteiger partial charge in [0.1, 0.15) is 5.75 Å². The van der Waals surface area contributed by atoms with Crippen LogP contribution in [0.5, 0.6) is 5.75 Å². The second-order valence-corrected chi connectivity index (χ2v) is 9.42. The van der Waals surface area contributed by atoms with E-state index in [1.165, 1.54) is 0 Å². The van der Waals surface area contributed by atoms with E-state index in [4.69, 9.17) is 14.5 Å². The van der Waals surface area contributed by atoms with E-state index in [1.54, 1.807) is 4.31 Å². The van der Waals surface area contributed by atoms with Crippen molar-refractivity contribution in [2.24, 2.45) is 4.99 Å². The summed E-state index contributed by atoms with van der Waals surface area (Å²) in [5.41, 5.74) is 1.03. The first-order chi connectivity index (χ1) is 14.4. The van der Waals surface area contributed by atoms with Gasteiger partial charge in [-0.2, -0.15) is 4.31 Å². The van der Waals surface area contributed by atoms with Crippen LogP contribution in [0.1, 0.15) is 33.3 Å². The molecular weight excluding hydrogens is 404 g/mol. The van der Waals surface area contributed by atoms with Crippen LogP contribution in [-0.2, 0) is 21.3 Å². The lowest BCUT2D eigenvalue weighted by Gasteiger charge is -2.36. The van der Waals surface area contributed by atoms with Gasteiger partial charge in [-0.1, -0.05) is 18.2 Å². The number of benzene rings is 1. The van der Waals surface area contributed by atoms with E-state index in [-0.39, 0.29) is 18.5 Å². The Morgan fingerprint density at radius 2 is 1.87 bits per heavy atom. The summed E-state index contributed by atoms with van der Waals surface area (Å²) in [4.78, 5) is 6.88. The molecule has 8 nitrogen and oxygen atoms in total. The molecule has 0 aliphatic carbocycles. The highest BCUT2D eigenvalue weighted by atomic mass is 32.2. The summed E-state index contributed by atoms with van der Waals surface area (Å²) in [6.45, 7) is 12.0. The minimum Gasteiger partial charge on any atom is -0.494 e. The minimum absolute atomic E-state index is 0.0214. The Balaban J connectivity index is 1.98. The second-order valence-electron chi connectivity index (χ2n) is 7.33. The van der Waals surface area contributed by atoms with Crippen molar-refractivity contribution in [2.75, 3.05) is 51.7 Å². The molecule has 0 spiro atoms. The molecule has 1 aliphatic rings. The van der Waals surface area contributed by atoms with E-state index < -0.39 is 10.0 Å². The van der Waals surface area contributed by atoms with Crippen molar-refractivity contribution in [3.05, 3.63) is 29.8 Å². The third-order valence-corrected chi connectivity index (χ3v) is 6.57. The maximum Gasteiger partial charge on any atom is 0.216 e. The Labute approximate surface area is 181 Å². The predicted octanol–water partition coefficient (Wildman–Crippen LogP) is 1.92. The van der Waals surface area contributed by atoms with Gasteiger partial charge in [0, 0.05) is 38.3 Å². The minimum atomic E-state index is -3.30. The molecule has 0 atom stereocenters. The SMILES string of the molecule is CCNC(=NCc1ccccc1OCC)N1CCN(S(=O)(=O)CCOC(C)C)CC1. The van der Waals surface area contributed by atoms with Crippen molar-refractivity contribution in [2.45, 2.75) is 40.3 Å². The number of ether oxygens (including phenoxy) is 2. The lowest BCUT2D eigenvalue weighted by molar-refractivity contribution is 0.0904. The first-order valence-corrected chi connectivity index (χ1v) is 12.3. The van der Waals surface area contributed by atoms with E-state index in [9.17, 15) is 8.42 Å². The highest BCUT2D eigenvalue weighted by molar-refractivity contribution is 7.89. The molecule has 1 saturated heterocycles. The number of sulfonamides is 1. The van der Waals surface area contributed by atoms with Crippen LogP contribution in [-0.4, -0.2) is 81.4 Å². The lowest BCUT2D eigenvalue weighted by atomic mass is 10.2. The highest BCUT2D eigenvalue weighted by Gasteiger charge is 2.28. The topological polar surface area (TPSA) is 83.5 Å². The van der Waals surface area contributed by atoms with Crippen LogP contribution in [0.3, 0.4) is 0 Å². The number of nitrogens with one attached hydrogen (secondary N) is 1. The van der Waals surface area contributed by atoms with Crippen LogP contribution >= 0.6 is 0 Å². The number of hydrogen-bond donors (Lipinski definition) is 1. The van der Waals surface area contributed by atoms with Gasteiger partial charge in [0.15, 0.2) is 5.96 Å². The number of piperazine rings is 1. The molecule has 0 radical (unpaired) electrons. The van der Waals surface area contributed by atoms with E-state index >= 15 is 0 Å². The first-order valence-electron chi connectivity index (χ1n) is 10.7. The Morgan fingerprint density at radius 1 is 1.17 bits per heavy atom. The van der Waals surface area contributed by atoms with Gasteiger partial charge in [0.2, 0.25) is 10.0 Å². The van der Waals surface area contributed by atoms with Gasteiger partial charge < -0.3 is 19.7 Å². The van der Waals surface area contributed by atoms with Crippen LogP contribution in [0.25, 0.3) is 0 Å². The monoisotopic (exact) mass is 440 g/mol. The van der Waals surface area contributed by atoms with Gasteiger partial charge in [-0.15, -0.1) is 0 Å². The van der Waals surface area contributed by atoms with E-state index in [0.29, 0.717) is 39.3 Å². The zero-order valence-corrected chi connectivity index (χ0v) is 19.5. The molecule has 30 heavy (non-hydrogen) atoms. The fourth-order valence-electron chi connectivity index (χ4n) is 3.21. The summed E-state index contributed by atoms with van der Waals surface area (Å²) in [6.07, 6.45) is 0.0313. The molecule has 0 unspecified atom stereocenters. The largest absolute Gasteiger partial charge is 0.494 e. The number of nitrogens with zero attached hydrogens (tertiary/aromatic N) is 3. The van der Waals surface area contributed by atoms with Crippen LogP contribution in [0.2, 0.25) is 0 Å². The zero-order valence-electron chi connectivity index (χ0n) is 18.6. The summed E-state index contributed by atoms with van der Waals surface area (Å²) in [7, 11) is -3.30. The van der Waals surface area contributed by atoms with Crippen molar-refractivity contribution in [3.63, 3.8) is 0 Å². The van der Waals surface area contributed by atoms with Crippen LogP contribution in [0.15, 0.2) is 29.3 Å². The molecule has 1 heterocycles. The Morgan fingerprint density at radius 3 is 2.50 bits per heavy atom. The number of aliphatic imine (C=N–C) groups is 1. The summed E-state index contributed by atoms with van der Waals surface area (Å²) in [5, 5.41) is 3.32. The van der Waals surface area contributed by atoms with Gasteiger partial charge in [-0.3, -0.25) is 0 Å². The third-order valence-electron chi connectivity index (χ3n) is 4.73. The van der Waals surface area contributed by atoms with Crippen molar-refractivity contribution >= 4 is 16.0 Å². The summed E-state index contributed by atoms with van der Waals surface area (Å²) in [6, 6.07) is 7.90. The number of para-hydroxylation sites is 1. The zero-order chi connectivity index (χ0) is 22.0. The number of guanidine groups is 1. The fourth-order valence-corrected chi connectivity index (χ4v) is 4.50. The van der Waals surface area contributed by atoms with Crippen molar-refractivity contribution in [1.82, 2.24) is 14.5 Å². The van der Waals surface area contributed by atoms with Crippen LogP contribution in [0.4, 0.5) is 0 Å². The van der Waals surface area contributed by atoms with Gasteiger partial charge >= 0.3 is 0 Å². The van der Waals surface area contributed by atoms with Crippen molar-refractivity contribution < 1.29 is 17.9 Å². The quantitative estimate of drug-likeness (QED) is 0.442. The smallest absolute Gasteiger partial charge is 0.216 e.